The number of hydrogen-bond donors (Lipinski definition) is 1. The van der Waals surface area contributed by atoms with Gasteiger partial charge in [0, 0.05) is 28.1 Å². The molecular formula is C17H18FNS2. The second-order valence-corrected chi connectivity index (χ2v) is 7.24. The second kappa shape index (κ2) is 7.34. The van der Waals surface area contributed by atoms with Gasteiger partial charge < -0.3 is 5.32 Å². The molecule has 0 bridgehead atoms. The van der Waals surface area contributed by atoms with Gasteiger partial charge in [-0.3, -0.25) is 0 Å². The van der Waals surface area contributed by atoms with Crippen LogP contribution in [0.15, 0.2) is 58.3 Å². The zero-order valence-electron chi connectivity index (χ0n) is 11.7. The van der Waals surface area contributed by atoms with Crippen LogP contribution in [0, 0.1) is 5.82 Å². The highest BCUT2D eigenvalue weighted by atomic mass is 32.2. The fourth-order valence-corrected chi connectivity index (χ4v) is 4.46. The Morgan fingerprint density at radius 2 is 2.00 bits per heavy atom. The van der Waals surface area contributed by atoms with E-state index in [2.05, 4.69) is 29.6 Å². The van der Waals surface area contributed by atoms with Crippen molar-refractivity contribution in [2.24, 2.45) is 0 Å². The van der Waals surface area contributed by atoms with Crippen molar-refractivity contribution in [2.75, 3.05) is 18.1 Å². The summed E-state index contributed by atoms with van der Waals surface area (Å²) in [6, 6.07) is 16.1. The van der Waals surface area contributed by atoms with E-state index in [0.717, 1.165) is 34.9 Å². The topological polar surface area (TPSA) is 12.0 Å². The first-order valence-electron chi connectivity index (χ1n) is 7.17. The average molecular weight is 319 g/mol. The molecule has 0 radical (unpaired) electrons. The predicted molar refractivity (Wildman–Crippen MR) is 89.7 cm³/mol. The smallest absolute Gasteiger partial charge is 0.137 e. The van der Waals surface area contributed by atoms with Crippen LogP contribution in [0.5, 0.6) is 0 Å². The first-order chi connectivity index (χ1) is 10.3. The van der Waals surface area contributed by atoms with E-state index in [-0.39, 0.29) is 11.9 Å². The minimum absolute atomic E-state index is 0.0809. The Kier molecular flexibility index (Phi) is 5.22. The van der Waals surface area contributed by atoms with Gasteiger partial charge in [-0.05, 0) is 35.9 Å². The third kappa shape index (κ3) is 3.82. The molecule has 1 unspecified atom stereocenters. The summed E-state index contributed by atoms with van der Waals surface area (Å²) >= 11 is 3.49. The molecule has 0 fully saturated rings. The zero-order valence-corrected chi connectivity index (χ0v) is 13.4. The maximum atomic E-state index is 13.8. The molecule has 110 valence electrons. The van der Waals surface area contributed by atoms with Crippen molar-refractivity contribution in [3.05, 3.63) is 59.9 Å². The molecule has 1 atom stereocenters. The molecule has 21 heavy (non-hydrogen) atoms. The molecule has 1 N–H and O–H groups in total. The molecule has 0 amide bonds. The van der Waals surface area contributed by atoms with Crippen molar-refractivity contribution in [3.8, 4) is 0 Å². The van der Waals surface area contributed by atoms with Crippen molar-refractivity contribution >= 4 is 23.5 Å². The number of fused-ring (bicyclic) bond motifs is 1. The standard InChI is InChI=1S/C17H18FNS2/c18-15-8-4-7-14-16(9-11-21-17(14)15)19-10-12-20-13-5-2-1-3-6-13/h1-8,16,19H,9-12H2. The summed E-state index contributed by atoms with van der Waals surface area (Å²) in [7, 11) is 0. The summed E-state index contributed by atoms with van der Waals surface area (Å²) in [6.45, 7) is 0.935. The van der Waals surface area contributed by atoms with Crippen LogP contribution >= 0.6 is 23.5 Å². The van der Waals surface area contributed by atoms with Crippen molar-refractivity contribution in [1.29, 1.82) is 0 Å². The summed E-state index contributed by atoms with van der Waals surface area (Å²) < 4.78 is 13.8. The van der Waals surface area contributed by atoms with Gasteiger partial charge in [-0.25, -0.2) is 4.39 Å². The molecule has 0 aliphatic carbocycles. The zero-order chi connectivity index (χ0) is 14.5. The number of thioether (sulfide) groups is 2. The van der Waals surface area contributed by atoms with Crippen LogP contribution in [0.3, 0.4) is 0 Å². The number of hydrogen-bond acceptors (Lipinski definition) is 3. The molecule has 0 aromatic heterocycles. The normalized spacial score (nSPS) is 17.5. The Hall–Kier alpha value is -0.970. The Morgan fingerprint density at radius 1 is 1.14 bits per heavy atom. The first kappa shape index (κ1) is 14.9. The molecule has 1 aliphatic heterocycles. The van der Waals surface area contributed by atoms with Gasteiger partial charge in [-0.2, -0.15) is 0 Å². The Balaban J connectivity index is 1.54. The van der Waals surface area contributed by atoms with E-state index in [1.165, 1.54) is 4.90 Å². The van der Waals surface area contributed by atoms with Gasteiger partial charge in [-0.1, -0.05) is 30.3 Å². The van der Waals surface area contributed by atoms with Gasteiger partial charge in [0.1, 0.15) is 5.82 Å². The molecule has 3 rings (SSSR count). The highest BCUT2D eigenvalue weighted by molar-refractivity contribution is 7.99. The molecule has 1 heterocycles. The predicted octanol–water partition coefficient (Wildman–Crippen LogP) is 4.74. The molecule has 0 saturated carbocycles. The monoisotopic (exact) mass is 319 g/mol. The van der Waals surface area contributed by atoms with E-state index in [0.29, 0.717) is 0 Å². The van der Waals surface area contributed by atoms with Gasteiger partial charge in [-0.15, -0.1) is 23.5 Å². The molecule has 1 nitrogen and oxygen atoms in total. The fraction of sp³-hybridized carbons (Fsp3) is 0.294. The maximum absolute atomic E-state index is 13.8. The lowest BCUT2D eigenvalue weighted by Crippen LogP contribution is -2.26. The molecular weight excluding hydrogens is 301 g/mol. The SMILES string of the molecule is Fc1cccc2c1SCCC2NCCSc1ccccc1. The minimum Gasteiger partial charge on any atom is -0.309 e. The van der Waals surface area contributed by atoms with Crippen LogP contribution in [0.2, 0.25) is 0 Å². The lowest BCUT2D eigenvalue weighted by molar-refractivity contribution is 0.512. The summed E-state index contributed by atoms with van der Waals surface area (Å²) in [6.07, 6.45) is 1.07. The lowest BCUT2D eigenvalue weighted by atomic mass is 10.0. The number of benzene rings is 2. The van der Waals surface area contributed by atoms with Crippen LogP contribution in [-0.4, -0.2) is 18.1 Å². The van der Waals surface area contributed by atoms with E-state index >= 15 is 0 Å². The summed E-state index contributed by atoms with van der Waals surface area (Å²) in [5.74, 6) is 1.93. The highest BCUT2D eigenvalue weighted by Crippen LogP contribution is 2.37. The molecule has 4 heteroatoms. The summed E-state index contributed by atoms with van der Waals surface area (Å²) in [5.41, 5.74) is 1.12. The molecule has 2 aromatic rings. The second-order valence-electron chi connectivity index (χ2n) is 4.96. The highest BCUT2D eigenvalue weighted by Gasteiger charge is 2.22. The third-order valence-corrected chi connectivity index (χ3v) is 5.70. The Morgan fingerprint density at radius 3 is 2.86 bits per heavy atom. The third-order valence-electron chi connectivity index (χ3n) is 3.53. The minimum atomic E-state index is -0.0809. The van der Waals surface area contributed by atoms with Crippen molar-refractivity contribution in [2.45, 2.75) is 22.3 Å². The average Bonchev–Trinajstić information content (AvgIpc) is 2.53. The number of halogens is 1. The Bertz CT molecular complexity index is 589. The van der Waals surface area contributed by atoms with E-state index in [4.69, 9.17) is 0 Å². The van der Waals surface area contributed by atoms with Crippen LogP contribution in [-0.2, 0) is 0 Å². The van der Waals surface area contributed by atoms with E-state index < -0.39 is 0 Å². The maximum Gasteiger partial charge on any atom is 0.137 e. The van der Waals surface area contributed by atoms with Gasteiger partial charge in [0.05, 0.1) is 0 Å². The van der Waals surface area contributed by atoms with Gasteiger partial charge in [0.25, 0.3) is 0 Å². The van der Waals surface area contributed by atoms with Gasteiger partial charge in [0.15, 0.2) is 0 Å². The molecule has 0 spiro atoms. The molecule has 0 saturated heterocycles. The van der Waals surface area contributed by atoms with E-state index in [1.807, 2.05) is 30.0 Å². The lowest BCUT2D eigenvalue weighted by Gasteiger charge is -2.26. The van der Waals surface area contributed by atoms with Crippen LogP contribution in [0.25, 0.3) is 0 Å². The molecule has 1 aliphatic rings. The fourth-order valence-electron chi connectivity index (χ4n) is 2.52. The van der Waals surface area contributed by atoms with Crippen LogP contribution in [0.1, 0.15) is 18.0 Å². The van der Waals surface area contributed by atoms with Gasteiger partial charge >= 0.3 is 0 Å². The van der Waals surface area contributed by atoms with E-state index in [1.54, 1.807) is 17.8 Å². The van der Waals surface area contributed by atoms with Crippen LogP contribution in [0.4, 0.5) is 4.39 Å². The summed E-state index contributed by atoms with van der Waals surface area (Å²) in [4.78, 5) is 2.13. The van der Waals surface area contributed by atoms with Crippen molar-refractivity contribution in [1.82, 2.24) is 5.32 Å². The molecule has 2 aromatic carbocycles. The van der Waals surface area contributed by atoms with Crippen molar-refractivity contribution in [3.63, 3.8) is 0 Å². The first-order valence-corrected chi connectivity index (χ1v) is 9.14. The Labute approximate surface area is 133 Å². The van der Waals surface area contributed by atoms with E-state index in [9.17, 15) is 4.39 Å². The number of rotatable bonds is 5. The van der Waals surface area contributed by atoms with Crippen molar-refractivity contribution < 1.29 is 4.39 Å². The van der Waals surface area contributed by atoms with Crippen LogP contribution < -0.4 is 5.32 Å². The number of nitrogens with one attached hydrogen (secondary N) is 1. The summed E-state index contributed by atoms with van der Waals surface area (Å²) in [5, 5.41) is 3.57. The largest absolute Gasteiger partial charge is 0.309 e. The van der Waals surface area contributed by atoms with Gasteiger partial charge in [0.2, 0.25) is 0 Å². The quantitative estimate of drug-likeness (QED) is 0.631.